The molecule has 3 N–H and O–H groups in total. The summed E-state index contributed by atoms with van der Waals surface area (Å²) in [6.07, 6.45) is 1.59. The Morgan fingerprint density at radius 2 is 2.41 bits per heavy atom. The zero-order chi connectivity index (χ0) is 12.0. The molecule has 0 radical (unpaired) electrons. The van der Waals surface area contributed by atoms with E-state index >= 15 is 0 Å². The van der Waals surface area contributed by atoms with Crippen molar-refractivity contribution >= 4 is 0 Å². The molecule has 1 aliphatic heterocycles. The number of methoxy groups -OCH3 is 1. The molecule has 3 rings (SSSR count). The molecule has 17 heavy (non-hydrogen) atoms. The summed E-state index contributed by atoms with van der Waals surface area (Å²) in [6.45, 7) is 0.919. The topological polar surface area (TPSA) is 64.7 Å². The van der Waals surface area contributed by atoms with Crippen molar-refractivity contribution in [2.75, 3.05) is 20.3 Å². The lowest BCUT2D eigenvalue weighted by atomic mass is 9.74. The van der Waals surface area contributed by atoms with E-state index in [2.05, 4.69) is 0 Å². The summed E-state index contributed by atoms with van der Waals surface area (Å²) in [7, 11) is 1.62. The molecule has 1 heterocycles. The van der Waals surface area contributed by atoms with Crippen LogP contribution in [0.2, 0.25) is 0 Å². The lowest BCUT2D eigenvalue weighted by molar-refractivity contribution is 0.0220. The Morgan fingerprint density at radius 1 is 1.59 bits per heavy atom. The van der Waals surface area contributed by atoms with Crippen molar-refractivity contribution in [2.24, 2.45) is 5.73 Å². The molecule has 0 spiro atoms. The van der Waals surface area contributed by atoms with Gasteiger partial charge in [-0.25, -0.2) is 0 Å². The average Bonchev–Trinajstić information content (AvgIpc) is 2.78. The van der Waals surface area contributed by atoms with Gasteiger partial charge in [0.15, 0.2) is 0 Å². The summed E-state index contributed by atoms with van der Waals surface area (Å²) in [5.41, 5.74) is 6.72. The van der Waals surface area contributed by atoms with E-state index in [1.807, 2.05) is 12.1 Å². The number of rotatable bonds is 2. The Hall–Kier alpha value is -1.26. The summed E-state index contributed by atoms with van der Waals surface area (Å²) in [4.78, 5) is 0. The van der Waals surface area contributed by atoms with Gasteiger partial charge >= 0.3 is 0 Å². The van der Waals surface area contributed by atoms with Crippen LogP contribution in [0.3, 0.4) is 0 Å². The fraction of sp³-hybridized carbons (Fsp3) is 0.538. The van der Waals surface area contributed by atoms with Crippen LogP contribution in [-0.2, 0) is 5.60 Å². The fourth-order valence-electron chi connectivity index (χ4n) is 3.01. The van der Waals surface area contributed by atoms with Crippen molar-refractivity contribution in [3.63, 3.8) is 0 Å². The molecule has 1 aromatic carbocycles. The van der Waals surface area contributed by atoms with Gasteiger partial charge in [-0.2, -0.15) is 0 Å². The van der Waals surface area contributed by atoms with E-state index in [4.69, 9.17) is 15.2 Å². The fourth-order valence-corrected chi connectivity index (χ4v) is 3.01. The number of nitrogens with two attached hydrogens (primary N) is 1. The lowest BCUT2D eigenvalue weighted by Crippen LogP contribution is -2.39. The highest BCUT2D eigenvalue weighted by Crippen LogP contribution is 2.51. The molecule has 1 aromatic rings. The SMILES string of the molecule is COc1ccc2c3c1C(O)(CN)CCC3CO2. The van der Waals surface area contributed by atoms with E-state index in [0.717, 1.165) is 23.3 Å². The van der Waals surface area contributed by atoms with E-state index < -0.39 is 5.60 Å². The number of hydrogen-bond acceptors (Lipinski definition) is 4. The van der Waals surface area contributed by atoms with Crippen molar-refractivity contribution in [3.8, 4) is 11.5 Å². The van der Waals surface area contributed by atoms with Gasteiger partial charge in [-0.05, 0) is 25.0 Å². The molecular weight excluding hydrogens is 218 g/mol. The molecule has 0 fully saturated rings. The van der Waals surface area contributed by atoms with Crippen molar-refractivity contribution in [2.45, 2.75) is 24.4 Å². The van der Waals surface area contributed by atoms with E-state index in [0.29, 0.717) is 24.7 Å². The number of benzene rings is 1. The van der Waals surface area contributed by atoms with Gasteiger partial charge in [0.1, 0.15) is 17.1 Å². The van der Waals surface area contributed by atoms with Gasteiger partial charge in [-0.1, -0.05) is 0 Å². The van der Waals surface area contributed by atoms with Crippen molar-refractivity contribution in [1.29, 1.82) is 0 Å². The van der Waals surface area contributed by atoms with Crippen LogP contribution < -0.4 is 15.2 Å². The molecule has 1 aliphatic carbocycles. The van der Waals surface area contributed by atoms with Crippen molar-refractivity contribution in [3.05, 3.63) is 23.3 Å². The van der Waals surface area contributed by atoms with Gasteiger partial charge in [0.2, 0.25) is 0 Å². The molecule has 0 bridgehead atoms. The minimum absolute atomic E-state index is 0.215. The predicted molar refractivity (Wildman–Crippen MR) is 63.4 cm³/mol. The van der Waals surface area contributed by atoms with E-state index in [-0.39, 0.29) is 6.54 Å². The van der Waals surface area contributed by atoms with Gasteiger partial charge in [0.25, 0.3) is 0 Å². The molecule has 4 heteroatoms. The van der Waals surface area contributed by atoms with E-state index in [9.17, 15) is 5.11 Å². The maximum Gasteiger partial charge on any atom is 0.125 e. The average molecular weight is 235 g/mol. The maximum absolute atomic E-state index is 10.7. The molecule has 2 aliphatic rings. The van der Waals surface area contributed by atoms with Crippen LogP contribution in [0.1, 0.15) is 29.9 Å². The maximum atomic E-state index is 10.7. The third-order valence-corrected chi connectivity index (χ3v) is 3.94. The molecule has 0 saturated heterocycles. The molecule has 0 aromatic heterocycles. The van der Waals surface area contributed by atoms with Crippen molar-refractivity contribution in [1.82, 2.24) is 0 Å². The Labute approximate surface area is 100 Å². The van der Waals surface area contributed by atoms with Crippen LogP contribution in [-0.4, -0.2) is 25.4 Å². The summed E-state index contributed by atoms with van der Waals surface area (Å²) in [5.74, 6) is 1.96. The third kappa shape index (κ3) is 1.37. The first-order valence-electron chi connectivity index (χ1n) is 5.96. The van der Waals surface area contributed by atoms with E-state index in [1.54, 1.807) is 7.11 Å². The van der Waals surface area contributed by atoms with Gasteiger partial charge < -0.3 is 20.3 Å². The molecule has 0 saturated carbocycles. The smallest absolute Gasteiger partial charge is 0.125 e. The highest BCUT2D eigenvalue weighted by atomic mass is 16.5. The van der Waals surface area contributed by atoms with Crippen LogP contribution in [0.4, 0.5) is 0 Å². The first kappa shape index (κ1) is 10.9. The monoisotopic (exact) mass is 235 g/mol. The second-order valence-corrected chi connectivity index (χ2v) is 4.84. The molecule has 2 atom stereocenters. The third-order valence-electron chi connectivity index (χ3n) is 3.94. The molecule has 4 nitrogen and oxygen atoms in total. The Morgan fingerprint density at radius 3 is 3.12 bits per heavy atom. The number of hydrogen-bond donors (Lipinski definition) is 2. The van der Waals surface area contributed by atoms with Crippen LogP contribution in [0.25, 0.3) is 0 Å². The Balaban J connectivity index is 2.26. The first-order chi connectivity index (χ1) is 8.19. The van der Waals surface area contributed by atoms with Crippen LogP contribution in [0.5, 0.6) is 11.5 Å². The second kappa shape index (κ2) is 3.62. The number of aliphatic hydroxyl groups is 1. The Kier molecular flexibility index (Phi) is 2.31. The minimum atomic E-state index is -0.971. The summed E-state index contributed by atoms with van der Waals surface area (Å²) >= 11 is 0. The zero-order valence-corrected chi connectivity index (χ0v) is 9.90. The minimum Gasteiger partial charge on any atom is -0.496 e. The van der Waals surface area contributed by atoms with Gasteiger partial charge in [-0.3, -0.25) is 0 Å². The molecule has 2 unspecified atom stereocenters. The summed E-state index contributed by atoms with van der Waals surface area (Å²) < 4.78 is 11.0. The second-order valence-electron chi connectivity index (χ2n) is 4.84. The summed E-state index contributed by atoms with van der Waals surface area (Å²) in [5, 5.41) is 10.7. The number of ether oxygens (including phenoxy) is 2. The Bertz CT molecular complexity index is 460. The quantitative estimate of drug-likeness (QED) is 0.806. The van der Waals surface area contributed by atoms with Crippen LogP contribution >= 0.6 is 0 Å². The highest BCUT2D eigenvalue weighted by Gasteiger charge is 2.43. The molecule has 92 valence electrons. The normalized spacial score (nSPS) is 29.7. The largest absolute Gasteiger partial charge is 0.496 e. The molecule has 0 amide bonds. The van der Waals surface area contributed by atoms with Gasteiger partial charge in [0.05, 0.1) is 13.7 Å². The standard InChI is InChI=1S/C13H17NO3/c1-16-10-3-2-9-11-8(6-17-9)4-5-13(15,7-14)12(10)11/h2-3,8,15H,4-7,14H2,1H3. The molecular formula is C13H17NO3. The highest BCUT2D eigenvalue weighted by molar-refractivity contribution is 5.56. The predicted octanol–water partition coefficient (Wildman–Crippen LogP) is 1.11. The lowest BCUT2D eigenvalue weighted by Gasteiger charge is -2.36. The van der Waals surface area contributed by atoms with Gasteiger partial charge in [0, 0.05) is 23.6 Å². The van der Waals surface area contributed by atoms with Crippen LogP contribution in [0.15, 0.2) is 12.1 Å². The van der Waals surface area contributed by atoms with E-state index in [1.165, 1.54) is 0 Å². The van der Waals surface area contributed by atoms with Crippen LogP contribution in [0, 0.1) is 0 Å². The van der Waals surface area contributed by atoms with Crippen molar-refractivity contribution < 1.29 is 14.6 Å². The zero-order valence-electron chi connectivity index (χ0n) is 9.90. The van der Waals surface area contributed by atoms with Gasteiger partial charge in [-0.15, -0.1) is 0 Å². The first-order valence-corrected chi connectivity index (χ1v) is 5.96. The summed E-state index contributed by atoms with van der Waals surface area (Å²) in [6, 6.07) is 3.77.